The van der Waals surface area contributed by atoms with Crippen LogP contribution in [0.5, 0.6) is 0 Å². The maximum absolute atomic E-state index is 8.22. The van der Waals surface area contributed by atoms with Crippen LogP contribution in [0.3, 0.4) is 0 Å². The van der Waals surface area contributed by atoms with Crippen molar-refractivity contribution in [2.75, 3.05) is 0 Å². The van der Waals surface area contributed by atoms with E-state index in [9.17, 15) is 0 Å². The van der Waals surface area contributed by atoms with Crippen LogP contribution in [0.15, 0.2) is 28.0 Å². The standard InChI is InChI=1S/C8H5BrClN5/c9-8-6(3-12-14-11)13-7-2-1-5(10)4-15(7)8/h1-2,4H,3H2. The van der Waals surface area contributed by atoms with Gasteiger partial charge in [0, 0.05) is 11.1 Å². The largest absolute Gasteiger partial charge is 0.292 e. The second-order valence-corrected chi connectivity index (χ2v) is 4.00. The Bertz CT molecular complexity index is 557. The third-order valence-corrected chi connectivity index (χ3v) is 2.94. The maximum Gasteiger partial charge on any atom is 0.138 e. The number of rotatable bonds is 2. The quantitative estimate of drug-likeness (QED) is 0.473. The van der Waals surface area contributed by atoms with Gasteiger partial charge in [0.05, 0.1) is 17.3 Å². The molecule has 0 aliphatic rings. The Morgan fingerprint density at radius 2 is 2.40 bits per heavy atom. The van der Waals surface area contributed by atoms with Gasteiger partial charge in [0.1, 0.15) is 10.3 Å². The third-order valence-electron chi connectivity index (χ3n) is 1.87. The summed E-state index contributed by atoms with van der Waals surface area (Å²) >= 11 is 9.23. The molecule has 5 nitrogen and oxygen atoms in total. The van der Waals surface area contributed by atoms with Gasteiger partial charge in [0.15, 0.2) is 0 Å². The molecule has 15 heavy (non-hydrogen) atoms. The summed E-state index contributed by atoms with van der Waals surface area (Å²) in [5.74, 6) is 0. The fourth-order valence-corrected chi connectivity index (χ4v) is 1.90. The lowest BCUT2D eigenvalue weighted by atomic mass is 10.5. The summed E-state index contributed by atoms with van der Waals surface area (Å²) in [7, 11) is 0. The summed E-state index contributed by atoms with van der Waals surface area (Å²) in [6.07, 6.45) is 1.74. The average Bonchev–Trinajstić information content (AvgIpc) is 2.53. The molecule has 0 aliphatic heterocycles. The molecule has 0 aromatic carbocycles. The molecule has 2 aromatic heterocycles. The van der Waals surface area contributed by atoms with E-state index in [0.717, 1.165) is 10.3 Å². The molecule has 0 bridgehead atoms. The Morgan fingerprint density at radius 1 is 1.60 bits per heavy atom. The molecule has 0 N–H and O–H groups in total. The molecule has 0 atom stereocenters. The van der Waals surface area contributed by atoms with Gasteiger partial charge in [-0.1, -0.05) is 16.7 Å². The Morgan fingerprint density at radius 3 is 3.13 bits per heavy atom. The number of nitrogens with zero attached hydrogens (tertiary/aromatic N) is 5. The molecule has 0 spiro atoms. The summed E-state index contributed by atoms with van der Waals surface area (Å²) in [5.41, 5.74) is 9.67. The van der Waals surface area contributed by atoms with E-state index in [1.807, 2.05) is 0 Å². The minimum atomic E-state index is 0.219. The van der Waals surface area contributed by atoms with Gasteiger partial charge < -0.3 is 0 Å². The first kappa shape index (κ1) is 10.3. The van der Waals surface area contributed by atoms with E-state index in [1.54, 1.807) is 22.7 Å². The van der Waals surface area contributed by atoms with Crippen molar-refractivity contribution in [3.63, 3.8) is 0 Å². The Hall–Kier alpha value is -1.23. The normalized spacial score (nSPS) is 10.3. The minimum Gasteiger partial charge on any atom is -0.292 e. The summed E-state index contributed by atoms with van der Waals surface area (Å²) in [6, 6.07) is 3.56. The molecule has 2 rings (SSSR count). The van der Waals surface area contributed by atoms with Crippen LogP contribution in [0.25, 0.3) is 16.1 Å². The predicted molar refractivity (Wildman–Crippen MR) is 60.8 cm³/mol. The van der Waals surface area contributed by atoms with Gasteiger partial charge in [-0.3, -0.25) is 4.40 Å². The minimum absolute atomic E-state index is 0.219. The number of halogens is 2. The molecule has 0 unspecified atom stereocenters. The van der Waals surface area contributed by atoms with Crippen molar-refractivity contribution >= 4 is 33.2 Å². The van der Waals surface area contributed by atoms with Gasteiger partial charge in [-0.2, -0.15) is 0 Å². The third kappa shape index (κ3) is 1.92. The molecule has 0 radical (unpaired) electrons. The molecule has 0 amide bonds. The number of fused-ring (bicyclic) bond motifs is 1. The smallest absolute Gasteiger partial charge is 0.138 e. The van der Waals surface area contributed by atoms with Crippen LogP contribution < -0.4 is 0 Å². The van der Waals surface area contributed by atoms with E-state index in [2.05, 4.69) is 30.9 Å². The molecular formula is C8H5BrClN5. The topological polar surface area (TPSA) is 66.1 Å². The van der Waals surface area contributed by atoms with Crippen molar-refractivity contribution in [2.45, 2.75) is 6.54 Å². The lowest BCUT2D eigenvalue weighted by molar-refractivity contribution is 0.984. The fraction of sp³-hybridized carbons (Fsp3) is 0.125. The van der Waals surface area contributed by atoms with Crippen LogP contribution in [0, 0.1) is 0 Å². The number of hydrogen-bond acceptors (Lipinski definition) is 2. The van der Waals surface area contributed by atoms with E-state index in [1.165, 1.54) is 0 Å². The zero-order valence-corrected chi connectivity index (χ0v) is 9.77. The van der Waals surface area contributed by atoms with Crippen molar-refractivity contribution in [2.24, 2.45) is 5.11 Å². The fourth-order valence-electron chi connectivity index (χ4n) is 1.24. The first-order valence-electron chi connectivity index (χ1n) is 4.05. The van der Waals surface area contributed by atoms with Crippen LogP contribution in [0.1, 0.15) is 5.69 Å². The molecule has 0 saturated heterocycles. The zero-order valence-electron chi connectivity index (χ0n) is 7.43. The number of aromatic nitrogens is 2. The van der Waals surface area contributed by atoms with E-state index < -0.39 is 0 Å². The molecule has 2 aromatic rings. The number of azide groups is 1. The van der Waals surface area contributed by atoms with Gasteiger partial charge >= 0.3 is 0 Å². The van der Waals surface area contributed by atoms with Crippen LogP contribution in [0.4, 0.5) is 0 Å². The van der Waals surface area contributed by atoms with E-state index in [-0.39, 0.29) is 6.54 Å². The van der Waals surface area contributed by atoms with Crippen LogP contribution in [-0.2, 0) is 6.54 Å². The molecule has 0 saturated carbocycles. The van der Waals surface area contributed by atoms with Crippen LogP contribution in [0.2, 0.25) is 5.02 Å². The second kappa shape index (κ2) is 4.10. The highest BCUT2D eigenvalue weighted by atomic mass is 79.9. The zero-order chi connectivity index (χ0) is 10.8. The SMILES string of the molecule is [N-]=[N+]=NCc1nc2ccc(Cl)cn2c1Br. The Labute approximate surface area is 98.4 Å². The summed E-state index contributed by atoms with van der Waals surface area (Å²) in [6.45, 7) is 0.219. The molecular weight excluding hydrogens is 281 g/mol. The summed E-state index contributed by atoms with van der Waals surface area (Å²) in [5, 5.41) is 4.08. The molecule has 7 heteroatoms. The lowest BCUT2D eigenvalue weighted by Crippen LogP contribution is -1.84. The first-order chi connectivity index (χ1) is 7.22. The van der Waals surface area contributed by atoms with Crippen molar-refractivity contribution < 1.29 is 0 Å². The van der Waals surface area contributed by atoms with Crippen LogP contribution in [-0.4, -0.2) is 9.38 Å². The Balaban J connectivity index is 2.58. The molecule has 0 aliphatic carbocycles. The van der Waals surface area contributed by atoms with Crippen LogP contribution >= 0.6 is 27.5 Å². The van der Waals surface area contributed by atoms with Gasteiger partial charge in [0.25, 0.3) is 0 Å². The van der Waals surface area contributed by atoms with Crippen molar-refractivity contribution in [3.05, 3.63) is 44.1 Å². The molecule has 0 fully saturated rings. The monoisotopic (exact) mass is 285 g/mol. The highest BCUT2D eigenvalue weighted by Gasteiger charge is 2.08. The highest BCUT2D eigenvalue weighted by Crippen LogP contribution is 2.21. The van der Waals surface area contributed by atoms with E-state index in [4.69, 9.17) is 17.1 Å². The van der Waals surface area contributed by atoms with Gasteiger partial charge in [-0.05, 0) is 33.6 Å². The number of pyridine rings is 1. The highest BCUT2D eigenvalue weighted by molar-refractivity contribution is 9.10. The van der Waals surface area contributed by atoms with Gasteiger partial charge in [-0.25, -0.2) is 4.98 Å². The van der Waals surface area contributed by atoms with Crippen molar-refractivity contribution in [1.82, 2.24) is 9.38 Å². The predicted octanol–water partition coefficient (Wildman–Crippen LogP) is 3.56. The summed E-state index contributed by atoms with van der Waals surface area (Å²) < 4.78 is 2.55. The van der Waals surface area contributed by atoms with Gasteiger partial charge in [0.2, 0.25) is 0 Å². The second-order valence-electron chi connectivity index (χ2n) is 2.81. The maximum atomic E-state index is 8.22. The first-order valence-corrected chi connectivity index (χ1v) is 5.22. The number of hydrogen-bond donors (Lipinski definition) is 0. The van der Waals surface area contributed by atoms with Crippen molar-refractivity contribution in [3.8, 4) is 0 Å². The average molecular weight is 287 g/mol. The van der Waals surface area contributed by atoms with E-state index in [0.29, 0.717) is 10.7 Å². The lowest BCUT2D eigenvalue weighted by Gasteiger charge is -1.95. The molecule has 2 heterocycles. The van der Waals surface area contributed by atoms with Gasteiger partial charge in [-0.15, -0.1) is 0 Å². The Kier molecular flexibility index (Phi) is 2.81. The molecule has 76 valence electrons. The van der Waals surface area contributed by atoms with E-state index >= 15 is 0 Å². The summed E-state index contributed by atoms with van der Waals surface area (Å²) in [4.78, 5) is 6.97. The number of imidazole rings is 1. The van der Waals surface area contributed by atoms with Crippen molar-refractivity contribution in [1.29, 1.82) is 0 Å².